The molecule has 0 aliphatic heterocycles. The molecule has 9 heteroatoms. The number of benzene rings is 1. The standard InChI is InChI=1S/C14H13BrN2O5S/c1-21-12-5-3-4-11(13(12)22-2)14(18)17-23(19,20)10-6-9(15)7-16-8-10/h3-8H,1-2H3,(H,17,18). The van der Waals surface area contributed by atoms with Gasteiger partial charge in [-0.05, 0) is 34.1 Å². The maximum Gasteiger partial charge on any atom is 0.268 e. The topological polar surface area (TPSA) is 94.6 Å². The lowest BCUT2D eigenvalue weighted by molar-refractivity contribution is 0.0978. The monoisotopic (exact) mass is 400 g/mol. The third-order valence-electron chi connectivity index (χ3n) is 2.86. The molecular weight excluding hydrogens is 388 g/mol. The molecule has 1 amide bonds. The van der Waals surface area contributed by atoms with Crippen LogP contribution in [-0.2, 0) is 10.0 Å². The lowest BCUT2D eigenvalue weighted by atomic mass is 10.2. The van der Waals surface area contributed by atoms with E-state index in [9.17, 15) is 13.2 Å². The summed E-state index contributed by atoms with van der Waals surface area (Å²) in [6.45, 7) is 0. The van der Waals surface area contributed by atoms with Crippen molar-refractivity contribution in [1.82, 2.24) is 9.71 Å². The van der Waals surface area contributed by atoms with Crippen molar-refractivity contribution < 1.29 is 22.7 Å². The Labute approximate surface area is 141 Å². The highest BCUT2D eigenvalue weighted by molar-refractivity contribution is 9.10. The van der Waals surface area contributed by atoms with E-state index in [1.807, 2.05) is 4.72 Å². The lowest BCUT2D eigenvalue weighted by Crippen LogP contribution is -2.31. The molecule has 0 radical (unpaired) electrons. The summed E-state index contributed by atoms with van der Waals surface area (Å²) in [7, 11) is -1.28. The van der Waals surface area contributed by atoms with Gasteiger partial charge in [-0.2, -0.15) is 0 Å². The normalized spacial score (nSPS) is 10.9. The predicted molar refractivity (Wildman–Crippen MR) is 86.1 cm³/mol. The van der Waals surface area contributed by atoms with Gasteiger partial charge in [0.05, 0.1) is 19.8 Å². The van der Waals surface area contributed by atoms with E-state index >= 15 is 0 Å². The Kier molecular flexibility index (Phi) is 5.22. The van der Waals surface area contributed by atoms with Crippen LogP contribution in [0.5, 0.6) is 11.5 Å². The van der Waals surface area contributed by atoms with Crippen molar-refractivity contribution in [2.75, 3.05) is 14.2 Å². The first-order chi connectivity index (χ1) is 10.9. The fourth-order valence-electron chi connectivity index (χ4n) is 1.84. The van der Waals surface area contributed by atoms with E-state index in [1.54, 1.807) is 12.1 Å². The number of para-hydroxylation sites is 1. The predicted octanol–water partition coefficient (Wildman–Crippen LogP) is 1.98. The number of methoxy groups -OCH3 is 2. The Hall–Kier alpha value is -2.13. The minimum absolute atomic E-state index is 0.0402. The van der Waals surface area contributed by atoms with Gasteiger partial charge in [0.2, 0.25) is 0 Å². The molecule has 1 aromatic heterocycles. The van der Waals surface area contributed by atoms with Gasteiger partial charge in [-0.25, -0.2) is 13.1 Å². The summed E-state index contributed by atoms with van der Waals surface area (Å²) in [6.07, 6.45) is 2.58. The van der Waals surface area contributed by atoms with Crippen molar-refractivity contribution in [2.24, 2.45) is 0 Å². The number of carbonyl (C=O) groups excluding carboxylic acids is 1. The molecule has 0 saturated carbocycles. The lowest BCUT2D eigenvalue weighted by Gasteiger charge is -2.12. The van der Waals surface area contributed by atoms with Crippen LogP contribution in [0.2, 0.25) is 0 Å². The molecule has 2 rings (SSSR count). The number of rotatable bonds is 5. The van der Waals surface area contributed by atoms with Gasteiger partial charge in [-0.3, -0.25) is 9.78 Å². The summed E-state index contributed by atoms with van der Waals surface area (Å²) in [5, 5.41) is 0. The number of nitrogens with zero attached hydrogens (tertiary/aromatic N) is 1. The Morgan fingerprint density at radius 1 is 1.22 bits per heavy atom. The number of pyridine rings is 1. The minimum atomic E-state index is -4.06. The second-order valence-corrected chi connectivity index (χ2v) is 6.91. The molecule has 1 aromatic carbocycles. The second kappa shape index (κ2) is 6.97. The number of carbonyl (C=O) groups is 1. The molecule has 7 nitrogen and oxygen atoms in total. The van der Waals surface area contributed by atoms with Gasteiger partial charge in [0.1, 0.15) is 4.90 Å². The van der Waals surface area contributed by atoms with Gasteiger partial charge in [0.15, 0.2) is 11.5 Å². The van der Waals surface area contributed by atoms with E-state index in [0.29, 0.717) is 10.2 Å². The van der Waals surface area contributed by atoms with E-state index in [4.69, 9.17) is 9.47 Å². The molecule has 0 atom stereocenters. The quantitative estimate of drug-likeness (QED) is 0.824. The van der Waals surface area contributed by atoms with Crippen LogP contribution in [0.1, 0.15) is 10.4 Å². The van der Waals surface area contributed by atoms with Crippen LogP contribution in [0.15, 0.2) is 46.0 Å². The summed E-state index contributed by atoms with van der Waals surface area (Å²) >= 11 is 3.13. The number of sulfonamides is 1. The molecule has 1 heterocycles. The van der Waals surface area contributed by atoms with Crippen molar-refractivity contribution >= 4 is 31.9 Å². The van der Waals surface area contributed by atoms with Gasteiger partial charge in [-0.1, -0.05) is 6.07 Å². The highest BCUT2D eigenvalue weighted by atomic mass is 79.9. The van der Waals surface area contributed by atoms with Gasteiger partial charge in [0.25, 0.3) is 15.9 Å². The number of hydrogen-bond donors (Lipinski definition) is 1. The average Bonchev–Trinajstić information content (AvgIpc) is 2.53. The number of nitrogens with one attached hydrogen (secondary N) is 1. The maximum absolute atomic E-state index is 12.3. The van der Waals surface area contributed by atoms with Gasteiger partial charge in [-0.15, -0.1) is 0 Å². The second-order valence-electron chi connectivity index (χ2n) is 4.31. The molecule has 0 saturated heterocycles. The molecule has 0 spiro atoms. The van der Waals surface area contributed by atoms with Crippen LogP contribution in [0.4, 0.5) is 0 Å². The fraction of sp³-hybridized carbons (Fsp3) is 0.143. The maximum atomic E-state index is 12.3. The third kappa shape index (κ3) is 3.80. The zero-order chi connectivity index (χ0) is 17.0. The smallest absolute Gasteiger partial charge is 0.268 e. The number of ether oxygens (including phenoxy) is 2. The minimum Gasteiger partial charge on any atom is -0.493 e. The highest BCUT2D eigenvalue weighted by Crippen LogP contribution is 2.30. The molecule has 2 aromatic rings. The Bertz CT molecular complexity index is 839. The molecule has 0 bridgehead atoms. The Morgan fingerprint density at radius 3 is 2.57 bits per heavy atom. The largest absolute Gasteiger partial charge is 0.493 e. The summed E-state index contributed by atoms with van der Waals surface area (Å²) in [4.78, 5) is 15.9. The van der Waals surface area contributed by atoms with Crippen LogP contribution < -0.4 is 14.2 Å². The van der Waals surface area contributed by atoms with Crippen LogP contribution in [0.3, 0.4) is 0 Å². The summed E-state index contributed by atoms with van der Waals surface area (Å²) in [5.74, 6) is -0.363. The molecule has 0 aliphatic rings. The Balaban J connectivity index is 2.36. The summed E-state index contributed by atoms with van der Waals surface area (Å²) in [6, 6.07) is 5.93. The Morgan fingerprint density at radius 2 is 1.96 bits per heavy atom. The van der Waals surface area contributed by atoms with Crippen molar-refractivity contribution in [1.29, 1.82) is 0 Å². The summed E-state index contributed by atoms with van der Waals surface area (Å²) in [5.41, 5.74) is 0.0402. The number of amides is 1. The first-order valence-electron chi connectivity index (χ1n) is 6.27. The van der Waals surface area contributed by atoms with E-state index in [-0.39, 0.29) is 16.2 Å². The molecule has 1 N–H and O–H groups in total. The molecule has 122 valence electrons. The van der Waals surface area contributed by atoms with Crippen LogP contribution in [-0.4, -0.2) is 33.5 Å². The fourth-order valence-corrected chi connectivity index (χ4v) is 3.31. The van der Waals surface area contributed by atoms with Gasteiger partial charge < -0.3 is 9.47 Å². The molecule has 0 aliphatic carbocycles. The number of hydrogen-bond acceptors (Lipinski definition) is 6. The van der Waals surface area contributed by atoms with E-state index in [2.05, 4.69) is 20.9 Å². The highest BCUT2D eigenvalue weighted by Gasteiger charge is 2.23. The van der Waals surface area contributed by atoms with Gasteiger partial charge >= 0.3 is 0 Å². The zero-order valence-electron chi connectivity index (χ0n) is 12.2. The van der Waals surface area contributed by atoms with Crippen molar-refractivity contribution in [3.05, 3.63) is 46.7 Å². The third-order valence-corrected chi connectivity index (χ3v) is 4.60. The van der Waals surface area contributed by atoms with Crippen molar-refractivity contribution in [2.45, 2.75) is 4.90 Å². The van der Waals surface area contributed by atoms with Crippen LogP contribution >= 0.6 is 15.9 Å². The zero-order valence-corrected chi connectivity index (χ0v) is 14.6. The first-order valence-corrected chi connectivity index (χ1v) is 8.55. The van der Waals surface area contributed by atoms with Gasteiger partial charge in [0, 0.05) is 16.9 Å². The molecule has 0 unspecified atom stereocenters. The summed E-state index contributed by atoms with van der Waals surface area (Å²) < 4.78 is 37.2. The molecule has 0 fully saturated rings. The first kappa shape index (κ1) is 17.2. The SMILES string of the molecule is COc1cccc(C(=O)NS(=O)(=O)c2cncc(Br)c2)c1OC. The van der Waals surface area contributed by atoms with E-state index < -0.39 is 15.9 Å². The number of halogens is 1. The van der Waals surface area contributed by atoms with Crippen molar-refractivity contribution in [3.63, 3.8) is 0 Å². The molecule has 23 heavy (non-hydrogen) atoms. The van der Waals surface area contributed by atoms with E-state index in [0.717, 1.165) is 6.20 Å². The number of aromatic nitrogens is 1. The van der Waals surface area contributed by atoms with Crippen LogP contribution in [0, 0.1) is 0 Å². The average molecular weight is 401 g/mol. The van der Waals surface area contributed by atoms with E-state index in [1.165, 1.54) is 32.5 Å². The van der Waals surface area contributed by atoms with Crippen LogP contribution in [0.25, 0.3) is 0 Å². The molecular formula is C14H13BrN2O5S. The van der Waals surface area contributed by atoms with Crippen molar-refractivity contribution in [3.8, 4) is 11.5 Å².